The van der Waals surface area contributed by atoms with Gasteiger partial charge in [0.2, 0.25) is 5.91 Å². The second kappa shape index (κ2) is 6.58. The predicted octanol–water partition coefficient (Wildman–Crippen LogP) is 1.38. The van der Waals surface area contributed by atoms with Gasteiger partial charge in [0.1, 0.15) is 0 Å². The van der Waals surface area contributed by atoms with E-state index in [1.54, 1.807) is 0 Å². The molecule has 0 aromatic heterocycles. The van der Waals surface area contributed by atoms with E-state index in [1.807, 2.05) is 24.3 Å². The van der Waals surface area contributed by atoms with E-state index in [9.17, 15) is 4.79 Å². The van der Waals surface area contributed by atoms with Crippen LogP contribution in [-0.4, -0.2) is 47.9 Å². The molecule has 4 nitrogen and oxygen atoms in total. The molecule has 2 aliphatic heterocycles. The molecule has 1 aromatic rings. The zero-order valence-electron chi connectivity index (χ0n) is 12.6. The number of benzene rings is 1. The summed E-state index contributed by atoms with van der Waals surface area (Å²) in [5, 5.41) is 0. The Kier molecular flexibility index (Phi) is 4.56. The van der Waals surface area contributed by atoms with E-state index in [2.05, 4.69) is 9.80 Å². The molecule has 0 aliphatic carbocycles. The van der Waals surface area contributed by atoms with Crippen molar-refractivity contribution in [3.8, 4) is 0 Å². The molecule has 2 N–H and O–H groups in total. The minimum Gasteiger partial charge on any atom is -0.341 e. The highest BCUT2D eigenvalue weighted by Gasteiger charge is 2.30. The summed E-state index contributed by atoms with van der Waals surface area (Å²) in [6.45, 7) is 4.75. The summed E-state index contributed by atoms with van der Waals surface area (Å²) >= 11 is 0. The maximum Gasteiger partial charge on any atom is 0.227 e. The van der Waals surface area contributed by atoms with Gasteiger partial charge in [-0.2, -0.15) is 0 Å². The number of hydrogen-bond donors (Lipinski definition) is 1. The third-order valence-corrected chi connectivity index (χ3v) is 4.77. The first kappa shape index (κ1) is 14.5. The van der Waals surface area contributed by atoms with Crippen molar-refractivity contribution in [2.75, 3.05) is 26.2 Å². The van der Waals surface area contributed by atoms with Crippen molar-refractivity contribution in [3.63, 3.8) is 0 Å². The Hall–Kier alpha value is -1.39. The fourth-order valence-electron chi connectivity index (χ4n) is 3.51. The van der Waals surface area contributed by atoms with E-state index >= 15 is 0 Å². The van der Waals surface area contributed by atoms with Crippen molar-refractivity contribution in [1.29, 1.82) is 0 Å². The van der Waals surface area contributed by atoms with Crippen molar-refractivity contribution in [3.05, 3.63) is 35.4 Å². The number of rotatable bonds is 3. The standard InChI is InChI=1S/C17H25N3O/c18-12-15-6-4-14(5-7-15)11-17(21)20-10-2-9-19-8-1-3-16(19)13-20/h4-7,16H,1-3,8-13,18H2. The van der Waals surface area contributed by atoms with E-state index in [0.717, 1.165) is 37.2 Å². The lowest BCUT2D eigenvalue weighted by Crippen LogP contribution is -2.40. The summed E-state index contributed by atoms with van der Waals surface area (Å²) in [5.41, 5.74) is 7.81. The molecule has 3 rings (SSSR count). The molecule has 4 heteroatoms. The molecule has 114 valence electrons. The molecule has 0 saturated carbocycles. The molecule has 1 unspecified atom stereocenters. The van der Waals surface area contributed by atoms with Crippen LogP contribution in [-0.2, 0) is 17.8 Å². The molecular formula is C17H25N3O. The zero-order chi connectivity index (χ0) is 14.7. The monoisotopic (exact) mass is 287 g/mol. The first-order valence-electron chi connectivity index (χ1n) is 8.06. The number of carbonyl (C=O) groups is 1. The van der Waals surface area contributed by atoms with Crippen LogP contribution in [0.5, 0.6) is 0 Å². The SMILES string of the molecule is NCc1ccc(CC(=O)N2CCCN3CCCC3C2)cc1. The molecule has 2 fully saturated rings. The smallest absolute Gasteiger partial charge is 0.227 e. The Morgan fingerprint density at radius 2 is 1.81 bits per heavy atom. The zero-order valence-corrected chi connectivity index (χ0v) is 12.6. The largest absolute Gasteiger partial charge is 0.341 e. The Morgan fingerprint density at radius 3 is 2.57 bits per heavy atom. The summed E-state index contributed by atoms with van der Waals surface area (Å²) in [4.78, 5) is 17.2. The van der Waals surface area contributed by atoms with Crippen molar-refractivity contribution in [2.24, 2.45) is 5.73 Å². The predicted molar refractivity (Wildman–Crippen MR) is 83.8 cm³/mol. The van der Waals surface area contributed by atoms with Gasteiger partial charge < -0.3 is 10.6 Å². The second-order valence-electron chi connectivity index (χ2n) is 6.22. The minimum absolute atomic E-state index is 0.268. The van der Waals surface area contributed by atoms with Gasteiger partial charge in [0.25, 0.3) is 0 Å². The number of nitrogens with zero attached hydrogens (tertiary/aromatic N) is 2. The molecular weight excluding hydrogens is 262 g/mol. The van der Waals surface area contributed by atoms with Crippen molar-refractivity contribution in [2.45, 2.75) is 38.3 Å². The van der Waals surface area contributed by atoms with Crippen LogP contribution in [0.3, 0.4) is 0 Å². The van der Waals surface area contributed by atoms with E-state index in [1.165, 1.54) is 19.4 Å². The van der Waals surface area contributed by atoms with Crippen LogP contribution in [0.15, 0.2) is 24.3 Å². The summed E-state index contributed by atoms with van der Waals surface area (Å²) in [7, 11) is 0. The van der Waals surface area contributed by atoms with E-state index < -0.39 is 0 Å². The van der Waals surface area contributed by atoms with Crippen LogP contribution in [0.4, 0.5) is 0 Å². The fourth-order valence-corrected chi connectivity index (χ4v) is 3.51. The molecule has 2 aliphatic rings. The molecule has 1 aromatic carbocycles. The molecule has 0 spiro atoms. The van der Waals surface area contributed by atoms with Crippen molar-refractivity contribution < 1.29 is 4.79 Å². The lowest BCUT2D eigenvalue weighted by atomic mass is 10.1. The fraction of sp³-hybridized carbons (Fsp3) is 0.588. The highest BCUT2D eigenvalue weighted by molar-refractivity contribution is 5.78. The van der Waals surface area contributed by atoms with Crippen LogP contribution in [0.25, 0.3) is 0 Å². The highest BCUT2D eigenvalue weighted by Crippen LogP contribution is 2.21. The average Bonchev–Trinajstić information content (AvgIpc) is 2.85. The van der Waals surface area contributed by atoms with Crippen LogP contribution >= 0.6 is 0 Å². The Morgan fingerprint density at radius 1 is 1.10 bits per heavy atom. The summed E-state index contributed by atoms with van der Waals surface area (Å²) in [6.07, 6.45) is 4.15. The minimum atomic E-state index is 0.268. The number of hydrogen-bond acceptors (Lipinski definition) is 3. The number of carbonyl (C=O) groups excluding carboxylic acids is 1. The topological polar surface area (TPSA) is 49.6 Å². The Balaban J connectivity index is 1.61. The van der Waals surface area contributed by atoms with Gasteiger partial charge in [-0.15, -0.1) is 0 Å². The van der Waals surface area contributed by atoms with Gasteiger partial charge >= 0.3 is 0 Å². The first-order valence-corrected chi connectivity index (χ1v) is 8.06. The molecule has 2 heterocycles. The maximum absolute atomic E-state index is 12.5. The van der Waals surface area contributed by atoms with E-state index in [-0.39, 0.29) is 5.91 Å². The first-order chi connectivity index (χ1) is 10.3. The summed E-state index contributed by atoms with van der Waals surface area (Å²) < 4.78 is 0. The average molecular weight is 287 g/mol. The Labute approximate surface area is 126 Å². The number of fused-ring (bicyclic) bond motifs is 1. The van der Waals surface area contributed by atoms with Gasteiger partial charge in [0.05, 0.1) is 6.42 Å². The van der Waals surface area contributed by atoms with Crippen LogP contribution in [0.2, 0.25) is 0 Å². The number of amides is 1. The van der Waals surface area contributed by atoms with Crippen LogP contribution in [0.1, 0.15) is 30.4 Å². The molecule has 21 heavy (non-hydrogen) atoms. The molecule has 1 amide bonds. The molecule has 0 bridgehead atoms. The van der Waals surface area contributed by atoms with Gasteiger partial charge in [-0.05, 0) is 36.9 Å². The van der Waals surface area contributed by atoms with Crippen molar-refractivity contribution in [1.82, 2.24) is 9.80 Å². The highest BCUT2D eigenvalue weighted by atomic mass is 16.2. The van der Waals surface area contributed by atoms with Gasteiger partial charge in [-0.25, -0.2) is 0 Å². The normalized spacial score (nSPS) is 22.9. The van der Waals surface area contributed by atoms with Crippen LogP contribution < -0.4 is 5.73 Å². The van der Waals surface area contributed by atoms with Gasteiger partial charge in [0.15, 0.2) is 0 Å². The summed E-state index contributed by atoms with van der Waals surface area (Å²) in [6, 6.07) is 8.68. The van der Waals surface area contributed by atoms with E-state index in [0.29, 0.717) is 19.0 Å². The third-order valence-electron chi connectivity index (χ3n) is 4.77. The third kappa shape index (κ3) is 3.44. The molecule has 2 saturated heterocycles. The maximum atomic E-state index is 12.5. The van der Waals surface area contributed by atoms with Crippen molar-refractivity contribution >= 4 is 5.91 Å². The number of nitrogens with two attached hydrogens (primary N) is 1. The second-order valence-corrected chi connectivity index (χ2v) is 6.22. The Bertz CT molecular complexity index is 485. The lowest BCUT2D eigenvalue weighted by Gasteiger charge is -2.25. The molecule has 0 radical (unpaired) electrons. The molecule has 1 atom stereocenters. The van der Waals surface area contributed by atoms with Crippen LogP contribution in [0, 0.1) is 0 Å². The quantitative estimate of drug-likeness (QED) is 0.914. The van der Waals surface area contributed by atoms with Gasteiger partial charge in [0, 0.05) is 32.2 Å². The van der Waals surface area contributed by atoms with Gasteiger partial charge in [-0.3, -0.25) is 9.69 Å². The van der Waals surface area contributed by atoms with E-state index in [4.69, 9.17) is 5.73 Å². The van der Waals surface area contributed by atoms with Gasteiger partial charge in [-0.1, -0.05) is 24.3 Å². The summed E-state index contributed by atoms with van der Waals surface area (Å²) in [5.74, 6) is 0.268. The lowest BCUT2D eigenvalue weighted by molar-refractivity contribution is -0.130.